The Balaban J connectivity index is 3.05. The number of aromatic nitrogens is 2. The largest absolute Gasteiger partial charge is 0.322 e. The van der Waals surface area contributed by atoms with Gasteiger partial charge < -0.3 is 4.57 Å². The van der Waals surface area contributed by atoms with Gasteiger partial charge in [-0.3, -0.25) is 0 Å². The minimum atomic E-state index is 0.442. The topological polar surface area (TPSA) is 17.8 Å². The van der Waals surface area contributed by atoms with Gasteiger partial charge >= 0.3 is 0 Å². The highest BCUT2D eigenvalue weighted by Crippen LogP contribution is 2.16. The fourth-order valence-corrected chi connectivity index (χ4v) is 1.07. The maximum atomic E-state index is 5.77. The third kappa shape index (κ3) is 1.16. The molecule has 0 aromatic carbocycles. The van der Waals surface area contributed by atoms with Gasteiger partial charge in [0, 0.05) is 13.0 Å². The number of hydrogen-bond donors (Lipinski definition) is 0. The summed E-state index contributed by atoms with van der Waals surface area (Å²) in [5.74, 6) is 1.47. The molecular weight excluding hydrogens is 148 g/mol. The van der Waals surface area contributed by atoms with Gasteiger partial charge in [-0.15, -0.1) is 0 Å². The molecule has 0 aliphatic rings. The van der Waals surface area contributed by atoms with Crippen LogP contribution in [-0.4, -0.2) is 9.55 Å². The highest BCUT2D eigenvalue weighted by Gasteiger charge is 2.06. The summed E-state index contributed by atoms with van der Waals surface area (Å²) in [6.45, 7) is 4.19. The van der Waals surface area contributed by atoms with E-state index in [9.17, 15) is 0 Å². The Morgan fingerprint density at radius 2 is 2.20 bits per heavy atom. The first-order valence-corrected chi connectivity index (χ1v) is 3.68. The molecule has 0 unspecified atom stereocenters. The van der Waals surface area contributed by atoms with E-state index >= 15 is 0 Å². The predicted molar refractivity (Wildman–Crippen MR) is 42.3 cm³/mol. The van der Waals surface area contributed by atoms with Crippen molar-refractivity contribution in [1.29, 1.82) is 0 Å². The lowest BCUT2D eigenvalue weighted by molar-refractivity contribution is 0.711. The first-order valence-electron chi connectivity index (χ1n) is 3.30. The first kappa shape index (κ1) is 7.61. The molecular formula is C7H11ClN2. The second kappa shape index (κ2) is 2.62. The first-order chi connectivity index (χ1) is 4.63. The molecule has 0 spiro atoms. The SMILES string of the molecule is CC(C)c1ncc(Cl)n1C. The number of nitrogens with zero attached hydrogens (tertiary/aromatic N) is 2. The van der Waals surface area contributed by atoms with Crippen LogP contribution in [0.2, 0.25) is 5.15 Å². The van der Waals surface area contributed by atoms with E-state index in [4.69, 9.17) is 11.6 Å². The van der Waals surface area contributed by atoms with Gasteiger partial charge in [0.25, 0.3) is 0 Å². The Labute approximate surface area is 65.8 Å². The molecule has 0 radical (unpaired) electrons. The Hall–Kier alpha value is -0.500. The third-order valence-electron chi connectivity index (χ3n) is 1.48. The van der Waals surface area contributed by atoms with Crippen molar-refractivity contribution in [1.82, 2.24) is 9.55 Å². The number of imidazole rings is 1. The summed E-state index contributed by atoms with van der Waals surface area (Å²) in [6.07, 6.45) is 1.68. The number of rotatable bonds is 1. The van der Waals surface area contributed by atoms with Gasteiger partial charge in [0.1, 0.15) is 11.0 Å². The van der Waals surface area contributed by atoms with Crippen molar-refractivity contribution >= 4 is 11.6 Å². The minimum absolute atomic E-state index is 0.442. The van der Waals surface area contributed by atoms with E-state index in [1.54, 1.807) is 6.20 Å². The van der Waals surface area contributed by atoms with Crippen molar-refractivity contribution < 1.29 is 0 Å². The minimum Gasteiger partial charge on any atom is -0.322 e. The van der Waals surface area contributed by atoms with Crippen LogP contribution >= 0.6 is 11.6 Å². The van der Waals surface area contributed by atoms with Crippen LogP contribution in [0.5, 0.6) is 0 Å². The van der Waals surface area contributed by atoms with Crippen LogP contribution in [0, 0.1) is 0 Å². The van der Waals surface area contributed by atoms with E-state index in [-0.39, 0.29) is 0 Å². The standard InChI is InChI=1S/C7H11ClN2/c1-5(2)7-9-4-6(8)10(7)3/h4-5H,1-3H3. The average Bonchev–Trinajstić information content (AvgIpc) is 2.14. The Kier molecular flexibility index (Phi) is 2.00. The lowest BCUT2D eigenvalue weighted by atomic mass is 10.2. The van der Waals surface area contributed by atoms with Gasteiger partial charge in [0.2, 0.25) is 0 Å². The average molecular weight is 159 g/mol. The predicted octanol–water partition coefficient (Wildman–Crippen LogP) is 2.20. The molecule has 1 aromatic heterocycles. The molecule has 1 rings (SSSR count). The molecule has 0 fully saturated rings. The van der Waals surface area contributed by atoms with Crippen LogP contribution in [0.4, 0.5) is 0 Å². The molecule has 1 heterocycles. The van der Waals surface area contributed by atoms with Crippen LogP contribution in [-0.2, 0) is 7.05 Å². The molecule has 0 amide bonds. The van der Waals surface area contributed by atoms with Gasteiger partial charge in [0.15, 0.2) is 0 Å². The summed E-state index contributed by atoms with van der Waals surface area (Å²) in [6, 6.07) is 0. The summed E-state index contributed by atoms with van der Waals surface area (Å²) in [4.78, 5) is 4.15. The number of hydrogen-bond acceptors (Lipinski definition) is 1. The maximum Gasteiger partial charge on any atom is 0.128 e. The molecule has 1 aromatic rings. The van der Waals surface area contributed by atoms with Crippen molar-refractivity contribution in [2.75, 3.05) is 0 Å². The van der Waals surface area contributed by atoms with Gasteiger partial charge in [-0.05, 0) is 0 Å². The van der Waals surface area contributed by atoms with E-state index in [1.165, 1.54) is 0 Å². The quantitative estimate of drug-likeness (QED) is 0.613. The van der Waals surface area contributed by atoms with E-state index in [2.05, 4.69) is 18.8 Å². The molecule has 0 saturated carbocycles. The zero-order chi connectivity index (χ0) is 7.72. The van der Waals surface area contributed by atoms with Gasteiger partial charge in [-0.25, -0.2) is 4.98 Å². The summed E-state index contributed by atoms with van der Waals surface area (Å²) in [7, 11) is 1.92. The molecule has 0 bridgehead atoms. The third-order valence-corrected chi connectivity index (χ3v) is 1.83. The van der Waals surface area contributed by atoms with Crippen LogP contribution in [0.15, 0.2) is 6.20 Å². The second-order valence-corrected chi connectivity index (χ2v) is 3.04. The van der Waals surface area contributed by atoms with Crippen LogP contribution in [0.3, 0.4) is 0 Å². The fourth-order valence-electron chi connectivity index (χ4n) is 0.938. The van der Waals surface area contributed by atoms with Gasteiger partial charge in [-0.2, -0.15) is 0 Å². The Morgan fingerprint density at radius 1 is 1.60 bits per heavy atom. The maximum absolute atomic E-state index is 5.77. The molecule has 2 nitrogen and oxygen atoms in total. The molecule has 3 heteroatoms. The van der Waals surface area contributed by atoms with E-state index in [0.717, 1.165) is 5.82 Å². The van der Waals surface area contributed by atoms with Crippen LogP contribution in [0.1, 0.15) is 25.6 Å². The van der Waals surface area contributed by atoms with E-state index in [0.29, 0.717) is 11.1 Å². The number of halogens is 1. The molecule has 10 heavy (non-hydrogen) atoms. The van der Waals surface area contributed by atoms with Crippen LogP contribution < -0.4 is 0 Å². The molecule has 0 N–H and O–H groups in total. The highest BCUT2D eigenvalue weighted by atomic mass is 35.5. The van der Waals surface area contributed by atoms with Crippen molar-refractivity contribution in [3.05, 3.63) is 17.2 Å². The molecule has 0 aliphatic carbocycles. The zero-order valence-corrected chi connectivity index (χ0v) is 7.18. The summed E-state index contributed by atoms with van der Waals surface area (Å²) in [5.41, 5.74) is 0. The molecule has 56 valence electrons. The van der Waals surface area contributed by atoms with E-state index < -0.39 is 0 Å². The monoisotopic (exact) mass is 158 g/mol. The zero-order valence-electron chi connectivity index (χ0n) is 6.43. The van der Waals surface area contributed by atoms with Crippen LogP contribution in [0.25, 0.3) is 0 Å². The van der Waals surface area contributed by atoms with Gasteiger partial charge in [-0.1, -0.05) is 25.4 Å². The van der Waals surface area contributed by atoms with Crippen molar-refractivity contribution in [3.8, 4) is 0 Å². The van der Waals surface area contributed by atoms with Crippen molar-refractivity contribution in [2.45, 2.75) is 19.8 Å². The Bertz CT molecular complexity index is 228. The van der Waals surface area contributed by atoms with Crippen molar-refractivity contribution in [3.63, 3.8) is 0 Å². The lowest BCUT2D eigenvalue weighted by Gasteiger charge is -2.03. The summed E-state index contributed by atoms with van der Waals surface area (Å²) < 4.78 is 1.90. The normalized spacial score (nSPS) is 10.9. The fraction of sp³-hybridized carbons (Fsp3) is 0.571. The highest BCUT2D eigenvalue weighted by molar-refractivity contribution is 6.29. The summed E-state index contributed by atoms with van der Waals surface area (Å²) in [5, 5.41) is 0.698. The smallest absolute Gasteiger partial charge is 0.128 e. The summed E-state index contributed by atoms with van der Waals surface area (Å²) >= 11 is 5.77. The second-order valence-electron chi connectivity index (χ2n) is 2.65. The molecule has 0 aliphatic heterocycles. The van der Waals surface area contributed by atoms with E-state index in [1.807, 2.05) is 11.6 Å². The van der Waals surface area contributed by atoms with Crippen molar-refractivity contribution in [2.24, 2.45) is 7.05 Å². The Morgan fingerprint density at radius 3 is 2.40 bits per heavy atom. The van der Waals surface area contributed by atoms with Gasteiger partial charge in [0.05, 0.1) is 6.20 Å². The molecule has 0 saturated heterocycles. The lowest BCUT2D eigenvalue weighted by Crippen LogP contribution is -1.99. The molecule has 0 atom stereocenters.